The number of hydrogen-bond donors (Lipinski definition) is 0. The Morgan fingerprint density at radius 3 is 1.04 bits per heavy atom. The van der Waals surface area contributed by atoms with Crippen LogP contribution < -0.4 is 0 Å². The molecule has 23 heavy (non-hydrogen) atoms. The first kappa shape index (κ1) is 27.9. The number of hydrogen-bond acceptors (Lipinski definition) is 0. The fraction of sp³-hybridized carbons (Fsp3) is 0.571. The summed E-state index contributed by atoms with van der Waals surface area (Å²) >= 11 is 0. The van der Waals surface area contributed by atoms with Gasteiger partial charge < -0.3 is 6.92 Å². The van der Waals surface area contributed by atoms with Crippen LogP contribution in [0.25, 0.3) is 0 Å². The Hall–Kier alpha value is 0.0600. The van der Waals surface area contributed by atoms with Gasteiger partial charge in [0.25, 0.3) is 0 Å². The third-order valence-electron chi connectivity index (χ3n) is 4.47. The molecule has 0 aromatic rings. The van der Waals surface area contributed by atoms with Gasteiger partial charge >= 0.3 is 26.2 Å². The molecule has 0 spiro atoms. The van der Waals surface area contributed by atoms with E-state index >= 15 is 0 Å². The molecule has 0 bridgehead atoms. The maximum atomic E-state index is 3.49. The summed E-state index contributed by atoms with van der Waals surface area (Å²) in [5.74, 6) is 1.12. The molecule has 2 radical (unpaired) electrons. The molecule has 0 aliphatic heterocycles. The van der Waals surface area contributed by atoms with Gasteiger partial charge in [0.15, 0.2) is 0 Å². The second-order valence-electron chi connectivity index (χ2n) is 6.10. The summed E-state index contributed by atoms with van der Waals surface area (Å²) in [6.07, 6.45) is 7.72. The van der Waals surface area contributed by atoms with Crippen LogP contribution in [-0.2, 0) is 26.2 Å². The van der Waals surface area contributed by atoms with Crippen molar-refractivity contribution in [1.29, 1.82) is 0 Å². The minimum Gasteiger partial charge on any atom is -0.344 e. The predicted molar refractivity (Wildman–Crippen MR) is 106 cm³/mol. The SMILES string of the molecule is CC1=[C-]C(C)C(C)=C1C.CC1=[C-]C(C)C(C)=C1C.[CH2-]CC.[SiH3].[Zr+3]. The zero-order chi connectivity index (χ0) is 16.7. The summed E-state index contributed by atoms with van der Waals surface area (Å²) in [5.41, 5.74) is 8.49. The molecule has 2 unspecified atom stereocenters. The molecule has 0 aromatic carbocycles. The van der Waals surface area contributed by atoms with Crippen molar-refractivity contribution in [2.45, 2.75) is 68.7 Å². The Labute approximate surface area is 169 Å². The van der Waals surface area contributed by atoms with Crippen LogP contribution in [0.4, 0.5) is 0 Å². The van der Waals surface area contributed by atoms with Gasteiger partial charge in [0.05, 0.1) is 0 Å². The minimum absolute atomic E-state index is 0. The maximum Gasteiger partial charge on any atom is 3.00 e. The summed E-state index contributed by atoms with van der Waals surface area (Å²) in [6.45, 7) is 22.8. The Morgan fingerprint density at radius 2 is 1.00 bits per heavy atom. The van der Waals surface area contributed by atoms with Crippen LogP contribution in [0.1, 0.15) is 68.7 Å². The first-order valence-electron chi connectivity index (χ1n) is 8.02. The van der Waals surface area contributed by atoms with Crippen LogP contribution in [0.15, 0.2) is 33.4 Å². The van der Waals surface area contributed by atoms with Crippen LogP contribution >= 0.6 is 0 Å². The average Bonchev–Trinajstić information content (AvgIpc) is 2.77. The molecule has 0 saturated carbocycles. The van der Waals surface area contributed by atoms with Gasteiger partial charge in [0.2, 0.25) is 0 Å². The van der Waals surface area contributed by atoms with Crippen LogP contribution in [0, 0.1) is 30.9 Å². The molecule has 2 heteroatoms. The number of allylic oxidation sites excluding steroid dienone is 8. The van der Waals surface area contributed by atoms with Gasteiger partial charge in [-0.1, -0.05) is 60.3 Å². The molecule has 0 N–H and O–H groups in total. The van der Waals surface area contributed by atoms with Crippen molar-refractivity contribution in [2.24, 2.45) is 11.8 Å². The molecule has 2 aliphatic carbocycles. The van der Waals surface area contributed by atoms with Crippen molar-refractivity contribution in [3.05, 3.63) is 52.5 Å². The van der Waals surface area contributed by atoms with Crippen molar-refractivity contribution in [1.82, 2.24) is 0 Å². The van der Waals surface area contributed by atoms with Gasteiger partial charge in [0.1, 0.15) is 0 Å². The molecular weight excluding hydrogens is 372 g/mol. The molecule has 0 amide bonds. The second-order valence-corrected chi connectivity index (χ2v) is 6.10. The van der Waals surface area contributed by atoms with E-state index in [2.05, 4.69) is 74.5 Å². The van der Waals surface area contributed by atoms with Crippen molar-refractivity contribution < 1.29 is 26.2 Å². The van der Waals surface area contributed by atoms with E-state index in [4.69, 9.17) is 0 Å². The normalized spacial score (nSPS) is 22.0. The molecular formula is C21H36SiZr. The Kier molecular flexibility index (Phi) is 16.2. The van der Waals surface area contributed by atoms with Crippen LogP contribution in [0.3, 0.4) is 0 Å². The van der Waals surface area contributed by atoms with Crippen LogP contribution in [0.2, 0.25) is 0 Å². The van der Waals surface area contributed by atoms with Gasteiger partial charge in [0, 0.05) is 0 Å². The molecule has 0 aromatic heterocycles. The van der Waals surface area contributed by atoms with E-state index in [0.29, 0.717) is 11.8 Å². The van der Waals surface area contributed by atoms with Crippen molar-refractivity contribution >= 4 is 11.0 Å². The molecule has 128 valence electrons. The van der Waals surface area contributed by atoms with Gasteiger partial charge in [-0.3, -0.25) is 12.2 Å². The van der Waals surface area contributed by atoms with E-state index in [0.717, 1.165) is 6.42 Å². The third kappa shape index (κ3) is 8.64. The first-order valence-corrected chi connectivity index (χ1v) is 8.02. The van der Waals surface area contributed by atoms with E-state index in [1.807, 2.05) is 6.92 Å². The standard InChI is InChI=1S/2C9H13.C3H7.H3Si.Zr/c2*1-6-5-7(2)9(4)8(6)3;1-3-2;;/h2*6H,1-4H3;1,3H2,2H3;1H3;/q3*-1;;+3. The van der Waals surface area contributed by atoms with E-state index in [1.165, 1.54) is 33.4 Å². The Morgan fingerprint density at radius 1 is 0.783 bits per heavy atom. The predicted octanol–water partition coefficient (Wildman–Crippen LogP) is 5.49. The third-order valence-corrected chi connectivity index (χ3v) is 4.47. The van der Waals surface area contributed by atoms with Gasteiger partial charge in [-0.15, -0.1) is 13.8 Å². The van der Waals surface area contributed by atoms with Gasteiger partial charge in [-0.2, -0.15) is 28.7 Å². The smallest absolute Gasteiger partial charge is 0.344 e. The summed E-state index contributed by atoms with van der Waals surface area (Å²) in [6, 6.07) is 0. The summed E-state index contributed by atoms with van der Waals surface area (Å²) in [5, 5.41) is 0. The molecule has 2 atom stereocenters. The van der Waals surface area contributed by atoms with E-state index in [9.17, 15) is 0 Å². The van der Waals surface area contributed by atoms with E-state index in [1.54, 1.807) is 0 Å². The zero-order valence-corrected chi connectivity index (χ0v) is 21.5. The summed E-state index contributed by atoms with van der Waals surface area (Å²) in [4.78, 5) is 0. The average molecular weight is 408 g/mol. The van der Waals surface area contributed by atoms with E-state index in [-0.39, 0.29) is 37.2 Å². The van der Waals surface area contributed by atoms with Crippen molar-refractivity contribution in [3.8, 4) is 0 Å². The summed E-state index contributed by atoms with van der Waals surface area (Å²) in [7, 11) is 0. The monoisotopic (exact) mass is 406 g/mol. The topological polar surface area (TPSA) is 0 Å². The molecule has 0 heterocycles. The van der Waals surface area contributed by atoms with Crippen molar-refractivity contribution in [2.75, 3.05) is 0 Å². The van der Waals surface area contributed by atoms with Crippen molar-refractivity contribution in [3.63, 3.8) is 0 Å². The molecule has 0 nitrogen and oxygen atoms in total. The fourth-order valence-electron chi connectivity index (χ4n) is 2.32. The first-order chi connectivity index (χ1) is 9.67. The summed E-state index contributed by atoms with van der Waals surface area (Å²) < 4.78 is 0. The fourth-order valence-corrected chi connectivity index (χ4v) is 2.32. The number of rotatable bonds is 0. The molecule has 2 aliphatic rings. The Bertz CT molecular complexity index is 434. The molecule has 0 saturated heterocycles. The quantitative estimate of drug-likeness (QED) is 0.368. The van der Waals surface area contributed by atoms with Crippen LogP contribution in [-0.4, -0.2) is 11.0 Å². The molecule has 2 rings (SSSR count). The second kappa shape index (κ2) is 13.4. The Balaban J connectivity index is -0.000000277. The molecule has 0 fully saturated rings. The largest absolute Gasteiger partial charge is 3.00 e. The zero-order valence-electron chi connectivity index (χ0n) is 17.1. The minimum atomic E-state index is 0. The van der Waals surface area contributed by atoms with Gasteiger partial charge in [-0.05, 0) is 11.0 Å². The van der Waals surface area contributed by atoms with Gasteiger partial charge in [-0.25, -0.2) is 11.1 Å². The maximum absolute atomic E-state index is 3.49. The van der Waals surface area contributed by atoms with Crippen LogP contribution in [0.5, 0.6) is 0 Å². The van der Waals surface area contributed by atoms with E-state index < -0.39 is 0 Å².